The molecule has 1 aliphatic rings. The number of fused-ring (bicyclic) bond motifs is 9. The van der Waals surface area contributed by atoms with Crippen LogP contribution in [-0.2, 0) is 0 Å². The number of nitrogens with zero attached hydrogens (tertiary/aromatic N) is 1. The van der Waals surface area contributed by atoms with Crippen molar-refractivity contribution in [3.63, 3.8) is 0 Å². The van der Waals surface area contributed by atoms with Gasteiger partial charge in [-0.1, -0.05) is 133 Å². The van der Waals surface area contributed by atoms with Gasteiger partial charge in [0.2, 0.25) is 0 Å². The zero-order valence-electron chi connectivity index (χ0n) is 31.2. The largest absolute Gasteiger partial charge is 0.464 e. The molecule has 1 atom stereocenters. The van der Waals surface area contributed by atoms with Crippen LogP contribution < -0.4 is 15.0 Å². The maximum Gasteiger partial charge on any atom is 0.196 e. The molecule has 0 aliphatic carbocycles. The zero-order chi connectivity index (χ0) is 38.2. The molecule has 0 fully saturated rings. The molecule has 4 nitrogen and oxygen atoms in total. The monoisotopic (exact) mass is 762 g/mol. The van der Waals surface area contributed by atoms with E-state index in [9.17, 15) is 0 Å². The number of nitrogens with one attached hydrogen (secondary N) is 1. The van der Waals surface area contributed by atoms with Gasteiger partial charge in [0, 0.05) is 37.8 Å². The van der Waals surface area contributed by atoms with Crippen molar-refractivity contribution >= 4 is 87.0 Å². The molecule has 0 radical (unpaired) electrons. The van der Waals surface area contributed by atoms with Crippen LogP contribution in [0.2, 0.25) is 0 Å². The smallest absolute Gasteiger partial charge is 0.196 e. The number of hydrogen-bond donors (Lipinski definition) is 1. The van der Waals surface area contributed by atoms with Crippen LogP contribution in [0, 0.1) is 0 Å². The van der Waals surface area contributed by atoms with E-state index < -0.39 is 0 Å². The first kappa shape index (κ1) is 32.9. The molecular formula is C53H34N2O2S. The van der Waals surface area contributed by atoms with Crippen LogP contribution in [0.1, 0.15) is 11.8 Å². The molecule has 1 unspecified atom stereocenters. The van der Waals surface area contributed by atoms with Gasteiger partial charge in [0.1, 0.15) is 11.2 Å². The lowest BCUT2D eigenvalue weighted by Crippen LogP contribution is -2.10. The molecule has 5 heteroatoms. The lowest BCUT2D eigenvalue weighted by atomic mass is 9.98. The molecule has 0 saturated heterocycles. The van der Waals surface area contributed by atoms with Crippen molar-refractivity contribution in [3.8, 4) is 28.0 Å². The third kappa shape index (κ3) is 5.28. The van der Waals surface area contributed by atoms with Crippen molar-refractivity contribution in [2.75, 3.05) is 10.2 Å². The SMILES string of the molecule is c1ccc(C2Nc3ccc4oc5cc(-c6ccc(N(c7ccc(-c8cccc9ccccc89)cc7)c7cccc8c7sc7ccccc78)cc6)ccc5c4c3O2)cc1. The predicted molar refractivity (Wildman–Crippen MR) is 243 cm³/mol. The van der Waals surface area contributed by atoms with E-state index in [0.29, 0.717) is 0 Å². The summed E-state index contributed by atoms with van der Waals surface area (Å²) in [6.45, 7) is 0. The summed E-state index contributed by atoms with van der Waals surface area (Å²) in [4.78, 5) is 2.40. The molecule has 3 heterocycles. The van der Waals surface area contributed by atoms with Gasteiger partial charge in [0.15, 0.2) is 12.0 Å². The fourth-order valence-corrected chi connectivity index (χ4v) is 9.93. The van der Waals surface area contributed by atoms with Crippen LogP contribution in [0.4, 0.5) is 22.7 Å². The minimum atomic E-state index is -0.239. The first-order valence-corrected chi connectivity index (χ1v) is 20.4. The van der Waals surface area contributed by atoms with Gasteiger partial charge in [-0.05, 0) is 93.7 Å². The van der Waals surface area contributed by atoms with Crippen molar-refractivity contribution in [1.29, 1.82) is 0 Å². The van der Waals surface area contributed by atoms with Crippen molar-refractivity contribution in [2.24, 2.45) is 0 Å². The molecule has 12 rings (SSSR count). The molecule has 2 aromatic heterocycles. The third-order valence-corrected chi connectivity index (χ3v) is 12.7. The number of furan rings is 1. The van der Waals surface area contributed by atoms with E-state index in [4.69, 9.17) is 9.15 Å². The first-order chi connectivity index (χ1) is 28.7. The van der Waals surface area contributed by atoms with E-state index in [1.807, 2.05) is 41.7 Å². The zero-order valence-corrected chi connectivity index (χ0v) is 32.0. The van der Waals surface area contributed by atoms with Gasteiger partial charge in [-0.25, -0.2) is 0 Å². The Morgan fingerprint density at radius 1 is 0.500 bits per heavy atom. The van der Waals surface area contributed by atoms with Crippen molar-refractivity contribution in [1.82, 2.24) is 0 Å². The normalized spacial score (nSPS) is 13.6. The van der Waals surface area contributed by atoms with Crippen LogP contribution in [0.5, 0.6) is 5.75 Å². The summed E-state index contributed by atoms with van der Waals surface area (Å²) in [7, 11) is 0. The molecular weight excluding hydrogens is 729 g/mol. The average molecular weight is 763 g/mol. The average Bonchev–Trinajstić information content (AvgIpc) is 4.01. The Morgan fingerprint density at radius 2 is 1.19 bits per heavy atom. The van der Waals surface area contributed by atoms with Gasteiger partial charge < -0.3 is 19.4 Å². The highest BCUT2D eigenvalue weighted by atomic mass is 32.1. The highest BCUT2D eigenvalue weighted by Gasteiger charge is 2.28. The predicted octanol–water partition coefficient (Wildman–Crippen LogP) is 15.4. The molecule has 1 N–H and O–H groups in total. The molecule has 0 amide bonds. The summed E-state index contributed by atoms with van der Waals surface area (Å²) in [5.74, 6) is 0.834. The van der Waals surface area contributed by atoms with Gasteiger partial charge in [-0.2, -0.15) is 0 Å². The second-order valence-corrected chi connectivity index (χ2v) is 15.9. The Hall–Kier alpha value is -7.34. The van der Waals surface area contributed by atoms with Crippen molar-refractivity contribution < 1.29 is 9.15 Å². The summed E-state index contributed by atoms with van der Waals surface area (Å²) >= 11 is 1.85. The van der Waals surface area contributed by atoms with E-state index in [-0.39, 0.29) is 6.23 Å². The lowest BCUT2D eigenvalue weighted by molar-refractivity contribution is 0.263. The summed E-state index contributed by atoms with van der Waals surface area (Å²) in [5.41, 5.74) is 11.7. The Bertz CT molecular complexity index is 3340. The minimum Gasteiger partial charge on any atom is -0.464 e. The number of thiophene rings is 1. The number of rotatable bonds is 6. The molecule has 274 valence electrons. The topological polar surface area (TPSA) is 37.6 Å². The summed E-state index contributed by atoms with van der Waals surface area (Å²) < 4.78 is 15.5. The third-order valence-electron chi connectivity index (χ3n) is 11.5. The Labute approximate surface area is 338 Å². The molecule has 0 bridgehead atoms. The summed E-state index contributed by atoms with van der Waals surface area (Å²) in [6.07, 6.45) is -0.239. The first-order valence-electron chi connectivity index (χ1n) is 19.6. The van der Waals surface area contributed by atoms with Crippen LogP contribution in [0.25, 0.3) is 75.1 Å². The van der Waals surface area contributed by atoms with Crippen molar-refractivity contribution in [2.45, 2.75) is 6.23 Å². The van der Waals surface area contributed by atoms with Crippen LogP contribution in [0.15, 0.2) is 199 Å². The van der Waals surface area contributed by atoms with E-state index in [0.717, 1.165) is 67.1 Å². The van der Waals surface area contributed by atoms with Crippen LogP contribution >= 0.6 is 11.3 Å². The second kappa shape index (κ2) is 13.1. The second-order valence-electron chi connectivity index (χ2n) is 14.9. The maximum absolute atomic E-state index is 6.51. The molecule has 0 spiro atoms. The fourth-order valence-electron chi connectivity index (χ4n) is 8.73. The molecule has 11 aromatic rings. The van der Waals surface area contributed by atoms with Gasteiger partial charge in [-0.15, -0.1) is 11.3 Å². The minimum absolute atomic E-state index is 0.239. The van der Waals surface area contributed by atoms with Gasteiger partial charge in [0.05, 0.1) is 21.5 Å². The maximum atomic E-state index is 6.51. The fraction of sp³-hybridized carbons (Fsp3) is 0.0189. The van der Waals surface area contributed by atoms with Crippen molar-refractivity contribution in [3.05, 3.63) is 200 Å². The van der Waals surface area contributed by atoms with Gasteiger partial charge in [0.25, 0.3) is 0 Å². The molecule has 0 saturated carbocycles. The van der Waals surface area contributed by atoms with Gasteiger partial charge in [-0.3, -0.25) is 0 Å². The summed E-state index contributed by atoms with van der Waals surface area (Å²) in [6, 6.07) is 69.3. The Morgan fingerprint density at radius 3 is 2.03 bits per heavy atom. The van der Waals surface area contributed by atoms with E-state index in [1.165, 1.54) is 42.1 Å². The highest BCUT2D eigenvalue weighted by molar-refractivity contribution is 7.26. The van der Waals surface area contributed by atoms with Crippen LogP contribution in [0.3, 0.4) is 0 Å². The quantitative estimate of drug-likeness (QED) is 0.183. The van der Waals surface area contributed by atoms with E-state index >= 15 is 0 Å². The molecule has 9 aromatic carbocycles. The molecule has 1 aliphatic heterocycles. The van der Waals surface area contributed by atoms with Gasteiger partial charge >= 0.3 is 0 Å². The molecule has 58 heavy (non-hydrogen) atoms. The number of benzene rings is 9. The van der Waals surface area contributed by atoms with Crippen LogP contribution in [-0.4, -0.2) is 0 Å². The Kier molecular flexibility index (Phi) is 7.43. The number of ether oxygens (including phenoxy) is 1. The standard InChI is InChI=1S/C53H34N2O2S/c1-2-11-36(12-3-1)53-54-45-30-31-47-50(51(45)57-53)44-29-24-37(32-48(44)56-47)33-20-25-38(26-21-33)55(46-18-9-17-43-42-15-6-7-19-49(42)58-52(43)46)39-27-22-35(23-28-39)41-16-8-13-34-10-4-5-14-40(34)41/h1-32,53-54H. The van der Waals surface area contributed by atoms with E-state index in [2.05, 4.69) is 174 Å². The number of anilines is 4. The lowest BCUT2D eigenvalue weighted by Gasteiger charge is -2.26. The Balaban J connectivity index is 0.931. The summed E-state index contributed by atoms with van der Waals surface area (Å²) in [5, 5.41) is 10.6. The van der Waals surface area contributed by atoms with E-state index in [1.54, 1.807) is 0 Å². The highest BCUT2D eigenvalue weighted by Crippen LogP contribution is 2.48. The number of hydrogen-bond acceptors (Lipinski definition) is 5.